The third-order valence-electron chi connectivity index (χ3n) is 3.17. The van der Waals surface area contributed by atoms with Crippen LogP contribution in [0, 0.1) is 0 Å². The van der Waals surface area contributed by atoms with Gasteiger partial charge in [0.2, 0.25) is 5.88 Å². The minimum atomic E-state index is -0.162. The minimum absolute atomic E-state index is 0.162. The van der Waals surface area contributed by atoms with Crippen LogP contribution in [-0.4, -0.2) is 29.3 Å². The maximum Gasteiger partial charge on any atom is 0.252 e. The van der Waals surface area contributed by atoms with Crippen molar-refractivity contribution in [3.05, 3.63) is 64.8 Å². The summed E-state index contributed by atoms with van der Waals surface area (Å²) in [6.07, 6.45) is 1.58. The molecule has 1 aromatic carbocycles. The minimum Gasteiger partial charge on any atom is -0.475 e. The zero-order chi connectivity index (χ0) is 16.8. The van der Waals surface area contributed by atoms with Gasteiger partial charge in [-0.2, -0.15) is 0 Å². The van der Waals surface area contributed by atoms with Crippen molar-refractivity contribution in [3.8, 4) is 17.3 Å². The quantitative estimate of drug-likeness (QED) is 0.656. The number of halogens is 1. The molecular weight excluding hydrogens is 374 g/mol. The van der Waals surface area contributed by atoms with Crippen molar-refractivity contribution in [2.75, 3.05) is 13.2 Å². The Hall–Kier alpha value is -2.67. The summed E-state index contributed by atoms with van der Waals surface area (Å²) in [5.41, 5.74) is 1.22. The van der Waals surface area contributed by atoms with E-state index < -0.39 is 0 Å². The Morgan fingerprint density at radius 3 is 2.71 bits per heavy atom. The van der Waals surface area contributed by atoms with Gasteiger partial charge in [-0.1, -0.05) is 12.1 Å². The highest BCUT2D eigenvalue weighted by molar-refractivity contribution is 9.10. The molecule has 2 aromatic heterocycles. The van der Waals surface area contributed by atoms with Crippen LogP contribution in [0.25, 0.3) is 11.5 Å². The Labute approximate surface area is 147 Å². The van der Waals surface area contributed by atoms with Gasteiger partial charge in [0.25, 0.3) is 5.91 Å². The van der Waals surface area contributed by atoms with E-state index in [1.807, 2.05) is 24.3 Å². The van der Waals surface area contributed by atoms with Crippen molar-refractivity contribution in [1.82, 2.24) is 15.5 Å². The first-order chi connectivity index (χ1) is 11.7. The van der Waals surface area contributed by atoms with Gasteiger partial charge in [-0.3, -0.25) is 4.79 Å². The molecule has 0 saturated carbocycles. The fourth-order valence-electron chi connectivity index (χ4n) is 2.01. The van der Waals surface area contributed by atoms with Crippen LogP contribution in [0.2, 0.25) is 0 Å². The monoisotopic (exact) mass is 387 g/mol. The maximum absolute atomic E-state index is 12.0. The second kappa shape index (κ2) is 7.74. The maximum atomic E-state index is 12.0. The highest BCUT2D eigenvalue weighted by Crippen LogP contribution is 2.18. The van der Waals surface area contributed by atoms with Gasteiger partial charge >= 0.3 is 0 Å². The lowest BCUT2D eigenvalue weighted by molar-refractivity contribution is 0.0945. The van der Waals surface area contributed by atoms with E-state index in [0.29, 0.717) is 36.0 Å². The first-order valence-corrected chi connectivity index (χ1v) is 8.06. The van der Waals surface area contributed by atoms with E-state index in [-0.39, 0.29) is 5.91 Å². The van der Waals surface area contributed by atoms with Crippen molar-refractivity contribution >= 4 is 21.8 Å². The first-order valence-electron chi connectivity index (χ1n) is 7.27. The van der Waals surface area contributed by atoms with Crippen LogP contribution in [0.15, 0.2) is 63.7 Å². The van der Waals surface area contributed by atoms with E-state index in [9.17, 15) is 4.79 Å². The molecule has 0 fully saturated rings. The fourth-order valence-corrected chi connectivity index (χ4v) is 2.48. The van der Waals surface area contributed by atoms with Crippen molar-refractivity contribution < 1.29 is 13.9 Å². The number of furan rings is 1. The summed E-state index contributed by atoms with van der Waals surface area (Å²) >= 11 is 3.35. The number of carbonyl (C=O) groups is 1. The van der Waals surface area contributed by atoms with Gasteiger partial charge in [-0.05, 0) is 46.3 Å². The number of nitrogens with zero attached hydrogens (tertiary/aromatic N) is 2. The number of hydrogen-bond acceptors (Lipinski definition) is 5. The van der Waals surface area contributed by atoms with Crippen LogP contribution >= 0.6 is 15.9 Å². The molecule has 0 aliphatic heterocycles. The number of ether oxygens (including phenoxy) is 1. The van der Waals surface area contributed by atoms with Gasteiger partial charge < -0.3 is 14.5 Å². The standard InChI is InChI=1S/C17H14BrN3O3/c18-13-5-2-1-4-12(13)17(22)19-9-11-24-16-8-7-14(20-21-16)15-6-3-10-23-15/h1-8,10H,9,11H2,(H,19,22). The zero-order valence-electron chi connectivity index (χ0n) is 12.6. The summed E-state index contributed by atoms with van der Waals surface area (Å²) < 4.78 is 11.5. The summed E-state index contributed by atoms with van der Waals surface area (Å²) in [7, 11) is 0. The predicted octanol–water partition coefficient (Wildman–Crippen LogP) is 3.31. The van der Waals surface area contributed by atoms with E-state index in [4.69, 9.17) is 9.15 Å². The van der Waals surface area contributed by atoms with Gasteiger partial charge in [0.15, 0.2) is 5.76 Å². The van der Waals surface area contributed by atoms with Crippen LogP contribution in [0.3, 0.4) is 0 Å². The molecule has 0 unspecified atom stereocenters. The van der Waals surface area contributed by atoms with Crippen LogP contribution in [0.1, 0.15) is 10.4 Å². The molecule has 0 saturated heterocycles. The van der Waals surface area contributed by atoms with Gasteiger partial charge in [-0.15, -0.1) is 10.2 Å². The van der Waals surface area contributed by atoms with Crippen LogP contribution in [-0.2, 0) is 0 Å². The summed E-state index contributed by atoms with van der Waals surface area (Å²) in [5, 5.41) is 10.8. The Balaban J connectivity index is 1.47. The highest BCUT2D eigenvalue weighted by Gasteiger charge is 2.08. The Morgan fingerprint density at radius 1 is 1.12 bits per heavy atom. The fraction of sp³-hybridized carbons (Fsp3) is 0.118. The van der Waals surface area contributed by atoms with E-state index in [1.54, 1.807) is 30.5 Å². The summed E-state index contributed by atoms with van der Waals surface area (Å²) in [5.74, 6) is 0.875. The van der Waals surface area contributed by atoms with Crippen molar-refractivity contribution in [2.45, 2.75) is 0 Å². The van der Waals surface area contributed by atoms with E-state index in [2.05, 4.69) is 31.4 Å². The number of benzene rings is 1. The zero-order valence-corrected chi connectivity index (χ0v) is 14.2. The second-order valence-corrected chi connectivity index (χ2v) is 5.67. The van der Waals surface area contributed by atoms with Crippen molar-refractivity contribution in [3.63, 3.8) is 0 Å². The molecule has 0 atom stereocenters. The molecule has 24 heavy (non-hydrogen) atoms. The average molecular weight is 388 g/mol. The number of nitrogens with one attached hydrogen (secondary N) is 1. The van der Waals surface area contributed by atoms with Crippen LogP contribution < -0.4 is 10.1 Å². The van der Waals surface area contributed by atoms with Crippen LogP contribution in [0.4, 0.5) is 0 Å². The van der Waals surface area contributed by atoms with Gasteiger partial charge in [-0.25, -0.2) is 0 Å². The van der Waals surface area contributed by atoms with Crippen LogP contribution in [0.5, 0.6) is 5.88 Å². The molecule has 0 spiro atoms. The molecule has 0 bridgehead atoms. The van der Waals surface area contributed by atoms with Crippen molar-refractivity contribution in [1.29, 1.82) is 0 Å². The lowest BCUT2D eigenvalue weighted by Gasteiger charge is -2.08. The molecule has 0 aliphatic carbocycles. The normalized spacial score (nSPS) is 10.4. The molecule has 1 N–H and O–H groups in total. The lowest BCUT2D eigenvalue weighted by Crippen LogP contribution is -2.28. The third-order valence-corrected chi connectivity index (χ3v) is 3.86. The van der Waals surface area contributed by atoms with Crippen molar-refractivity contribution in [2.24, 2.45) is 0 Å². The molecule has 1 amide bonds. The predicted molar refractivity (Wildman–Crippen MR) is 91.7 cm³/mol. The number of aromatic nitrogens is 2. The van der Waals surface area contributed by atoms with Gasteiger partial charge in [0.05, 0.1) is 18.4 Å². The molecule has 7 heteroatoms. The Kier molecular flexibility index (Phi) is 5.22. The number of carbonyl (C=O) groups excluding carboxylic acids is 1. The lowest BCUT2D eigenvalue weighted by atomic mass is 10.2. The van der Waals surface area contributed by atoms with E-state index >= 15 is 0 Å². The molecule has 0 radical (unpaired) electrons. The SMILES string of the molecule is O=C(NCCOc1ccc(-c2ccco2)nn1)c1ccccc1Br. The van der Waals surface area contributed by atoms with Gasteiger partial charge in [0, 0.05) is 10.5 Å². The van der Waals surface area contributed by atoms with Gasteiger partial charge in [0.1, 0.15) is 12.3 Å². The number of rotatable bonds is 6. The molecule has 0 aliphatic rings. The summed E-state index contributed by atoms with van der Waals surface area (Å²) in [6.45, 7) is 0.659. The molecular formula is C17H14BrN3O3. The summed E-state index contributed by atoms with van der Waals surface area (Å²) in [6, 6.07) is 14.3. The topological polar surface area (TPSA) is 77.2 Å². The molecule has 2 heterocycles. The largest absolute Gasteiger partial charge is 0.475 e. The summed E-state index contributed by atoms with van der Waals surface area (Å²) in [4.78, 5) is 12.0. The Morgan fingerprint density at radius 2 is 2.00 bits per heavy atom. The number of hydrogen-bond donors (Lipinski definition) is 1. The Bertz CT molecular complexity index is 804. The molecule has 3 aromatic rings. The average Bonchev–Trinajstić information content (AvgIpc) is 3.14. The van der Waals surface area contributed by atoms with E-state index in [0.717, 1.165) is 4.47 Å². The van der Waals surface area contributed by atoms with E-state index in [1.165, 1.54) is 0 Å². The smallest absolute Gasteiger partial charge is 0.252 e. The third kappa shape index (κ3) is 3.99. The number of amides is 1. The highest BCUT2D eigenvalue weighted by atomic mass is 79.9. The first kappa shape index (κ1) is 16.2. The molecule has 6 nitrogen and oxygen atoms in total. The molecule has 122 valence electrons. The molecule has 3 rings (SSSR count). The second-order valence-electron chi connectivity index (χ2n) is 4.82.